The third-order valence-corrected chi connectivity index (χ3v) is 3.01. The summed E-state index contributed by atoms with van der Waals surface area (Å²) in [7, 11) is 0. The molecule has 0 unspecified atom stereocenters. The second-order valence-corrected chi connectivity index (χ2v) is 4.16. The molecular formula is C14H8F2N4. The van der Waals surface area contributed by atoms with Gasteiger partial charge in [0, 0.05) is 0 Å². The number of benzene rings is 2. The molecule has 0 saturated carbocycles. The molecule has 3 aromatic rings. The smallest absolute Gasteiger partial charge is 0.206 e. The molecule has 2 aromatic carbocycles. The first kappa shape index (κ1) is 12.1. The summed E-state index contributed by atoms with van der Waals surface area (Å²) < 4.78 is 28.7. The lowest BCUT2D eigenvalue weighted by Gasteiger charge is -2.08. The van der Waals surface area contributed by atoms with Crippen LogP contribution in [0.4, 0.5) is 14.7 Å². The van der Waals surface area contributed by atoms with Crippen LogP contribution in [0, 0.1) is 23.0 Å². The number of imidazole rings is 1. The molecule has 0 amide bonds. The minimum atomic E-state index is -0.664. The van der Waals surface area contributed by atoms with E-state index >= 15 is 0 Å². The van der Waals surface area contributed by atoms with E-state index in [0.717, 1.165) is 0 Å². The SMILES string of the molecule is N#Cc1c(F)cccc1-n1c(N)nc2c(F)cccc21. The van der Waals surface area contributed by atoms with Crippen LogP contribution in [0.15, 0.2) is 36.4 Å². The van der Waals surface area contributed by atoms with Crippen molar-refractivity contribution in [1.29, 1.82) is 5.26 Å². The maximum Gasteiger partial charge on any atom is 0.206 e. The molecule has 98 valence electrons. The van der Waals surface area contributed by atoms with Crippen LogP contribution in [-0.4, -0.2) is 9.55 Å². The number of anilines is 1. The molecule has 0 aliphatic rings. The molecular weight excluding hydrogens is 262 g/mol. The summed E-state index contributed by atoms with van der Waals surface area (Å²) in [5, 5.41) is 9.08. The van der Waals surface area contributed by atoms with Gasteiger partial charge < -0.3 is 5.73 Å². The maximum atomic E-state index is 13.7. The van der Waals surface area contributed by atoms with E-state index in [1.165, 1.54) is 34.9 Å². The number of rotatable bonds is 1. The summed E-state index contributed by atoms with van der Waals surface area (Å²) in [5.74, 6) is -1.20. The topological polar surface area (TPSA) is 67.6 Å². The van der Waals surface area contributed by atoms with Crippen LogP contribution in [0.2, 0.25) is 0 Å². The standard InChI is InChI=1S/C14H8F2N4/c15-9-3-1-5-11(8(9)7-17)20-12-6-2-4-10(16)13(12)19-14(20)18/h1-6H,(H2,18,19). The van der Waals surface area contributed by atoms with E-state index < -0.39 is 11.6 Å². The number of hydrogen-bond donors (Lipinski definition) is 1. The van der Waals surface area contributed by atoms with Crippen molar-refractivity contribution in [3.63, 3.8) is 0 Å². The van der Waals surface area contributed by atoms with E-state index in [1.54, 1.807) is 12.1 Å². The minimum absolute atomic E-state index is 0.00722. The van der Waals surface area contributed by atoms with Gasteiger partial charge in [-0.05, 0) is 24.3 Å². The Bertz CT molecular complexity index is 861. The molecule has 1 aromatic heterocycles. The normalized spacial score (nSPS) is 10.7. The average Bonchev–Trinajstić information content (AvgIpc) is 2.76. The van der Waals surface area contributed by atoms with Crippen LogP contribution in [0.1, 0.15) is 5.56 Å². The van der Waals surface area contributed by atoms with Crippen LogP contribution in [0.3, 0.4) is 0 Å². The number of aromatic nitrogens is 2. The number of para-hydroxylation sites is 1. The monoisotopic (exact) mass is 270 g/mol. The first-order chi connectivity index (χ1) is 9.63. The summed E-state index contributed by atoms with van der Waals surface area (Å²) >= 11 is 0. The maximum absolute atomic E-state index is 13.7. The predicted octanol–water partition coefficient (Wildman–Crippen LogP) is 2.76. The molecule has 0 aliphatic carbocycles. The number of nitriles is 1. The Kier molecular flexibility index (Phi) is 2.61. The first-order valence-corrected chi connectivity index (χ1v) is 5.75. The Morgan fingerprint density at radius 3 is 2.55 bits per heavy atom. The van der Waals surface area contributed by atoms with Crippen LogP contribution in [0.25, 0.3) is 16.7 Å². The molecule has 2 N–H and O–H groups in total. The van der Waals surface area contributed by atoms with Crippen molar-refractivity contribution in [1.82, 2.24) is 9.55 Å². The molecule has 1 heterocycles. The summed E-state index contributed by atoms with van der Waals surface area (Å²) in [6.45, 7) is 0. The van der Waals surface area contributed by atoms with E-state index in [2.05, 4.69) is 4.98 Å². The fraction of sp³-hybridized carbons (Fsp3) is 0. The van der Waals surface area contributed by atoms with Crippen LogP contribution in [0.5, 0.6) is 0 Å². The fourth-order valence-corrected chi connectivity index (χ4v) is 2.15. The Labute approximate surface area is 112 Å². The van der Waals surface area contributed by atoms with Gasteiger partial charge in [-0.2, -0.15) is 5.26 Å². The Morgan fingerprint density at radius 2 is 1.80 bits per heavy atom. The second-order valence-electron chi connectivity index (χ2n) is 4.16. The van der Waals surface area contributed by atoms with E-state index in [-0.39, 0.29) is 22.7 Å². The van der Waals surface area contributed by atoms with Gasteiger partial charge in [-0.25, -0.2) is 13.8 Å². The summed E-state index contributed by atoms with van der Waals surface area (Å²) in [4.78, 5) is 3.93. The van der Waals surface area contributed by atoms with E-state index in [9.17, 15) is 8.78 Å². The third-order valence-electron chi connectivity index (χ3n) is 3.01. The zero-order valence-corrected chi connectivity index (χ0v) is 10.1. The zero-order valence-electron chi connectivity index (χ0n) is 10.1. The van der Waals surface area contributed by atoms with Gasteiger partial charge in [-0.15, -0.1) is 0 Å². The Balaban J connectivity index is 2.43. The lowest BCUT2D eigenvalue weighted by Crippen LogP contribution is -2.04. The predicted molar refractivity (Wildman–Crippen MR) is 70.1 cm³/mol. The highest BCUT2D eigenvalue weighted by atomic mass is 19.1. The number of fused-ring (bicyclic) bond motifs is 1. The van der Waals surface area contributed by atoms with Crippen molar-refractivity contribution in [3.05, 3.63) is 53.6 Å². The highest BCUT2D eigenvalue weighted by Crippen LogP contribution is 2.27. The van der Waals surface area contributed by atoms with E-state index in [4.69, 9.17) is 11.0 Å². The van der Waals surface area contributed by atoms with Crippen molar-refractivity contribution >= 4 is 17.0 Å². The highest BCUT2D eigenvalue weighted by molar-refractivity contribution is 5.82. The lowest BCUT2D eigenvalue weighted by atomic mass is 10.1. The molecule has 6 heteroatoms. The number of nitrogens with zero attached hydrogens (tertiary/aromatic N) is 3. The quantitative estimate of drug-likeness (QED) is 0.739. The number of nitrogens with two attached hydrogens (primary N) is 1. The molecule has 0 fully saturated rings. The van der Waals surface area contributed by atoms with Crippen molar-refractivity contribution < 1.29 is 8.78 Å². The van der Waals surface area contributed by atoms with E-state index in [1.807, 2.05) is 0 Å². The summed E-state index contributed by atoms with van der Waals surface area (Å²) in [5.41, 5.74) is 6.31. The molecule has 4 nitrogen and oxygen atoms in total. The van der Waals surface area contributed by atoms with Gasteiger partial charge in [-0.3, -0.25) is 4.57 Å². The van der Waals surface area contributed by atoms with Crippen molar-refractivity contribution in [2.45, 2.75) is 0 Å². The van der Waals surface area contributed by atoms with Crippen LogP contribution < -0.4 is 5.73 Å². The van der Waals surface area contributed by atoms with Gasteiger partial charge in [0.25, 0.3) is 0 Å². The Morgan fingerprint density at radius 1 is 1.10 bits per heavy atom. The molecule has 0 bridgehead atoms. The van der Waals surface area contributed by atoms with Crippen LogP contribution in [-0.2, 0) is 0 Å². The minimum Gasteiger partial charge on any atom is -0.369 e. The second kappa shape index (κ2) is 4.31. The van der Waals surface area contributed by atoms with Crippen molar-refractivity contribution in [2.75, 3.05) is 5.73 Å². The first-order valence-electron chi connectivity index (χ1n) is 5.75. The average molecular weight is 270 g/mol. The molecule has 0 atom stereocenters. The van der Waals surface area contributed by atoms with Crippen LogP contribution >= 0.6 is 0 Å². The van der Waals surface area contributed by atoms with Gasteiger partial charge in [-0.1, -0.05) is 12.1 Å². The molecule has 20 heavy (non-hydrogen) atoms. The largest absolute Gasteiger partial charge is 0.369 e. The van der Waals surface area contributed by atoms with Gasteiger partial charge >= 0.3 is 0 Å². The van der Waals surface area contributed by atoms with Gasteiger partial charge in [0.1, 0.15) is 23.0 Å². The summed E-state index contributed by atoms with van der Waals surface area (Å²) in [6, 6.07) is 10.3. The zero-order chi connectivity index (χ0) is 14.3. The van der Waals surface area contributed by atoms with Gasteiger partial charge in [0.15, 0.2) is 5.82 Å². The third kappa shape index (κ3) is 1.61. The number of hydrogen-bond acceptors (Lipinski definition) is 3. The highest BCUT2D eigenvalue weighted by Gasteiger charge is 2.17. The molecule has 0 aliphatic heterocycles. The molecule has 3 rings (SSSR count). The Hall–Kier alpha value is -2.94. The lowest BCUT2D eigenvalue weighted by molar-refractivity contribution is 0.623. The molecule has 0 radical (unpaired) electrons. The molecule has 0 saturated heterocycles. The number of nitrogen functional groups attached to an aromatic ring is 1. The van der Waals surface area contributed by atoms with Gasteiger partial charge in [0.05, 0.1) is 11.2 Å². The van der Waals surface area contributed by atoms with Gasteiger partial charge in [0.2, 0.25) is 5.95 Å². The molecule has 0 spiro atoms. The number of halogens is 2. The fourth-order valence-electron chi connectivity index (χ4n) is 2.15. The van der Waals surface area contributed by atoms with Crippen molar-refractivity contribution in [2.24, 2.45) is 0 Å². The van der Waals surface area contributed by atoms with Crippen molar-refractivity contribution in [3.8, 4) is 11.8 Å². The van der Waals surface area contributed by atoms with E-state index in [0.29, 0.717) is 5.52 Å². The summed E-state index contributed by atoms with van der Waals surface area (Å²) in [6.07, 6.45) is 0.